The van der Waals surface area contributed by atoms with E-state index in [9.17, 15) is 0 Å². The number of rotatable bonds is 4. The standard InChI is InChI=1S/C23H27N5S/c1-2-7-19-18(6-1)20-22(25-21(16-8-9-16)26-23(20)29-19)28-13-11-27(12-14-28)15-17-5-3-4-10-24-17/h3-5,10,16H,1-2,6-9,11-15H2. The summed E-state index contributed by atoms with van der Waals surface area (Å²) in [5.41, 5.74) is 2.72. The minimum absolute atomic E-state index is 0.600. The van der Waals surface area contributed by atoms with Gasteiger partial charge in [-0.2, -0.15) is 0 Å². The van der Waals surface area contributed by atoms with Crippen LogP contribution in [0.15, 0.2) is 24.4 Å². The predicted molar refractivity (Wildman–Crippen MR) is 118 cm³/mol. The van der Waals surface area contributed by atoms with Crippen LogP contribution in [-0.2, 0) is 19.4 Å². The fourth-order valence-corrected chi connectivity index (χ4v) is 6.01. The lowest BCUT2D eigenvalue weighted by Gasteiger charge is -2.35. The van der Waals surface area contributed by atoms with Crippen LogP contribution in [0.3, 0.4) is 0 Å². The van der Waals surface area contributed by atoms with E-state index in [-0.39, 0.29) is 0 Å². The van der Waals surface area contributed by atoms with Gasteiger partial charge in [-0.15, -0.1) is 11.3 Å². The zero-order valence-corrected chi connectivity index (χ0v) is 17.6. The zero-order valence-electron chi connectivity index (χ0n) is 16.8. The highest BCUT2D eigenvalue weighted by molar-refractivity contribution is 7.19. The molecular formula is C23H27N5S. The van der Waals surface area contributed by atoms with E-state index in [4.69, 9.17) is 9.97 Å². The van der Waals surface area contributed by atoms with Gasteiger partial charge in [-0.25, -0.2) is 9.97 Å². The van der Waals surface area contributed by atoms with Crippen LogP contribution in [0.1, 0.15) is 53.6 Å². The first-order valence-corrected chi connectivity index (χ1v) is 11.9. The minimum Gasteiger partial charge on any atom is -0.353 e. The second-order valence-electron chi connectivity index (χ2n) is 8.66. The van der Waals surface area contributed by atoms with E-state index in [1.807, 2.05) is 23.6 Å². The summed E-state index contributed by atoms with van der Waals surface area (Å²) in [5.74, 6) is 2.93. The zero-order chi connectivity index (χ0) is 19.2. The number of aryl methyl sites for hydroxylation is 2. The fourth-order valence-electron chi connectivity index (χ4n) is 4.75. The fraction of sp³-hybridized carbons (Fsp3) is 0.522. The summed E-state index contributed by atoms with van der Waals surface area (Å²) < 4.78 is 0. The van der Waals surface area contributed by atoms with Gasteiger partial charge in [-0.1, -0.05) is 6.07 Å². The van der Waals surface area contributed by atoms with Crippen LogP contribution in [0.25, 0.3) is 10.2 Å². The topological polar surface area (TPSA) is 45.2 Å². The molecule has 3 aromatic heterocycles. The maximum absolute atomic E-state index is 5.17. The Morgan fingerprint density at radius 2 is 1.86 bits per heavy atom. The molecule has 3 aliphatic rings. The van der Waals surface area contributed by atoms with Gasteiger partial charge < -0.3 is 4.90 Å². The smallest absolute Gasteiger partial charge is 0.141 e. The molecule has 0 unspecified atom stereocenters. The monoisotopic (exact) mass is 405 g/mol. The molecule has 150 valence electrons. The Kier molecular flexibility index (Phi) is 4.49. The normalized spacial score (nSPS) is 20.2. The van der Waals surface area contributed by atoms with E-state index in [1.165, 1.54) is 54.6 Å². The highest BCUT2D eigenvalue weighted by Crippen LogP contribution is 2.44. The van der Waals surface area contributed by atoms with Gasteiger partial charge in [0, 0.05) is 49.7 Å². The van der Waals surface area contributed by atoms with Crippen molar-refractivity contribution in [1.29, 1.82) is 0 Å². The van der Waals surface area contributed by atoms with Gasteiger partial charge in [0.05, 0.1) is 11.1 Å². The number of aromatic nitrogens is 3. The molecule has 0 atom stereocenters. The molecule has 5 nitrogen and oxygen atoms in total. The number of nitrogens with zero attached hydrogens (tertiary/aromatic N) is 5. The van der Waals surface area contributed by atoms with Crippen molar-refractivity contribution in [3.63, 3.8) is 0 Å². The Balaban J connectivity index is 1.29. The number of fused-ring (bicyclic) bond motifs is 3. The lowest BCUT2D eigenvalue weighted by Crippen LogP contribution is -2.46. The molecule has 4 heterocycles. The summed E-state index contributed by atoms with van der Waals surface area (Å²) in [6.45, 7) is 5.14. The van der Waals surface area contributed by atoms with Gasteiger partial charge in [0.2, 0.25) is 0 Å². The van der Waals surface area contributed by atoms with Gasteiger partial charge in [-0.3, -0.25) is 9.88 Å². The molecule has 3 aromatic rings. The van der Waals surface area contributed by atoms with Gasteiger partial charge in [0.15, 0.2) is 0 Å². The van der Waals surface area contributed by atoms with Crippen LogP contribution in [0.4, 0.5) is 5.82 Å². The second kappa shape index (κ2) is 7.33. The molecule has 6 heteroatoms. The Labute approximate surface area is 175 Å². The van der Waals surface area contributed by atoms with Crippen LogP contribution >= 0.6 is 11.3 Å². The Hall–Kier alpha value is -2.05. The molecule has 1 saturated heterocycles. The minimum atomic E-state index is 0.600. The van der Waals surface area contributed by atoms with Gasteiger partial charge >= 0.3 is 0 Å². The molecule has 29 heavy (non-hydrogen) atoms. The summed E-state index contributed by atoms with van der Waals surface area (Å²) in [6, 6.07) is 6.19. The second-order valence-corrected chi connectivity index (χ2v) is 9.74. The van der Waals surface area contributed by atoms with Crippen molar-refractivity contribution in [3.8, 4) is 0 Å². The van der Waals surface area contributed by atoms with E-state index >= 15 is 0 Å². The Morgan fingerprint density at radius 1 is 1.00 bits per heavy atom. The third kappa shape index (κ3) is 3.42. The van der Waals surface area contributed by atoms with Crippen molar-refractivity contribution < 1.29 is 0 Å². The summed E-state index contributed by atoms with van der Waals surface area (Å²) in [6.07, 6.45) is 9.47. The lowest BCUT2D eigenvalue weighted by atomic mass is 9.97. The molecule has 1 aliphatic heterocycles. The number of piperazine rings is 1. The quantitative estimate of drug-likeness (QED) is 0.652. The van der Waals surface area contributed by atoms with Crippen LogP contribution in [0.5, 0.6) is 0 Å². The lowest BCUT2D eigenvalue weighted by molar-refractivity contribution is 0.246. The SMILES string of the molecule is c1ccc(CN2CCN(c3nc(C4CC4)nc4sc5c(c34)CCCC5)CC2)nc1. The molecule has 2 fully saturated rings. The molecule has 0 amide bonds. The summed E-state index contributed by atoms with van der Waals surface area (Å²) in [7, 11) is 0. The summed E-state index contributed by atoms with van der Waals surface area (Å²) in [5, 5.41) is 1.38. The number of hydrogen-bond donors (Lipinski definition) is 0. The molecule has 0 spiro atoms. The first kappa shape index (κ1) is 17.8. The van der Waals surface area contributed by atoms with Crippen LogP contribution in [0, 0.1) is 0 Å². The average molecular weight is 406 g/mol. The highest BCUT2D eigenvalue weighted by atomic mass is 32.1. The largest absolute Gasteiger partial charge is 0.353 e. The number of anilines is 1. The van der Waals surface area contributed by atoms with Crippen molar-refractivity contribution >= 4 is 27.4 Å². The Morgan fingerprint density at radius 3 is 2.66 bits per heavy atom. The molecule has 0 radical (unpaired) electrons. The van der Waals surface area contributed by atoms with E-state index in [0.717, 1.165) is 44.2 Å². The van der Waals surface area contributed by atoms with Crippen molar-refractivity contribution in [1.82, 2.24) is 19.9 Å². The van der Waals surface area contributed by atoms with E-state index in [1.54, 1.807) is 10.4 Å². The molecule has 1 saturated carbocycles. The van der Waals surface area contributed by atoms with E-state index in [0.29, 0.717) is 5.92 Å². The molecule has 0 N–H and O–H groups in total. The average Bonchev–Trinajstić information content (AvgIpc) is 3.55. The van der Waals surface area contributed by atoms with Gasteiger partial charge in [-0.05, 0) is 56.2 Å². The number of hydrogen-bond acceptors (Lipinski definition) is 6. The first-order valence-electron chi connectivity index (χ1n) is 11.0. The highest BCUT2D eigenvalue weighted by Gasteiger charge is 2.31. The van der Waals surface area contributed by atoms with E-state index in [2.05, 4.69) is 26.9 Å². The summed E-state index contributed by atoms with van der Waals surface area (Å²) >= 11 is 1.94. The Bertz CT molecular complexity index is 1020. The third-order valence-corrected chi connectivity index (χ3v) is 7.72. The van der Waals surface area contributed by atoms with E-state index < -0.39 is 0 Å². The molecule has 0 aromatic carbocycles. The maximum atomic E-state index is 5.17. The maximum Gasteiger partial charge on any atom is 0.141 e. The number of thiophene rings is 1. The van der Waals surface area contributed by atoms with Gasteiger partial charge in [0.1, 0.15) is 16.5 Å². The van der Waals surface area contributed by atoms with Gasteiger partial charge in [0.25, 0.3) is 0 Å². The van der Waals surface area contributed by atoms with Crippen molar-refractivity contribution in [2.45, 2.75) is 51.0 Å². The van der Waals surface area contributed by atoms with Crippen molar-refractivity contribution in [2.24, 2.45) is 0 Å². The first-order chi connectivity index (χ1) is 14.3. The van der Waals surface area contributed by atoms with Crippen molar-refractivity contribution in [2.75, 3.05) is 31.1 Å². The molecule has 6 rings (SSSR count). The number of pyridine rings is 1. The summed E-state index contributed by atoms with van der Waals surface area (Å²) in [4.78, 5) is 22.6. The van der Waals surface area contributed by atoms with Crippen LogP contribution in [0.2, 0.25) is 0 Å². The van der Waals surface area contributed by atoms with Crippen LogP contribution in [-0.4, -0.2) is 46.0 Å². The predicted octanol–water partition coefficient (Wildman–Crippen LogP) is 4.16. The third-order valence-electron chi connectivity index (χ3n) is 6.54. The molecular weight excluding hydrogens is 378 g/mol. The van der Waals surface area contributed by atoms with Crippen LogP contribution < -0.4 is 4.90 Å². The van der Waals surface area contributed by atoms with Crippen molar-refractivity contribution in [3.05, 3.63) is 46.4 Å². The molecule has 2 aliphatic carbocycles. The molecule has 0 bridgehead atoms.